The van der Waals surface area contributed by atoms with Crippen LogP contribution in [0.2, 0.25) is 0 Å². The number of benzene rings is 3. The predicted octanol–water partition coefficient (Wildman–Crippen LogP) is 5.68. The number of hydrogen-bond donors (Lipinski definition) is 1. The number of aliphatic hydroxyl groups excluding tert-OH is 1. The molecule has 37 heavy (non-hydrogen) atoms. The van der Waals surface area contributed by atoms with Crippen LogP contribution in [0.15, 0.2) is 72.3 Å². The first-order chi connectivity index (χ1) is 17.9. The molecule has 1 atom stereocenters. The summed E-state index contributed by atoms with van der Waals surface area (Å²) in [7, 11) is 1.57. The van der Waals surface area contributed by atoms with Crippen molar-refractivity contribution in [1.29, 1.82) is 0 Å². The third kappa shape index (κ3) is 5.03. The van der Waals surface area contributed by atoms with Crippen molar-refractivity contribution in [2.75, 3.05) is 25.2 Å². The number of ether oxygens (including phenoxy) is 3. The third-order valence-electron chi connectivity index (χ3n) is 6.32. The van der Waals surface area contributed by atoms with Crippen LogP contribution in [0.3, 0.4) is 0 Å². The maximum atomic E-state index is 13.5. The Kier molecular flexibility index (Phi) is 7.82. The Bertz CT molecular complexity index is 1310. The number of nitrogens with zero attached hydrogens (tertiary/aromatic N) is 1. The number of rotatable bonds is 9. The van der Waals surface area contributed by atoms with E-state index in [4.69, 9.17) is 14.2 Å². The second kappa shape index (κ2) is 11.2. The highest BCUT2D eigenvalue weighted by Gasteiger charge is 2.47. The summed E-state index contributed by atoms with van der Waals surface area (Å²) in [4.78, 5) is 28.3. The maximum absolute atomic E-state index is 13.5. The van der Waals surface area contributed by atoms with Crippen molar-refractivity contribution in [2.45, 2.75) is 33.2 Å². The molecule has 1 aliphatic rings. The topological polar surface area (TPSA) is 85.3 Å². The molecule has 3 aromatic rings. The summed E-state index contributed by atoms with van der Waals surface area (Å²) in [5.74, 6) is -0.218. The summed E-state index contributed by atoms with van der Waals surface area (Å²) in [5.41, 5.74) is 2.63. The monoisotopic (exact) mass is 501 g/mol. The molecular formula is C30H31NO6. The number of hydrogen-bond acceptors (Lipinski definition) is 6. The standard InChI is InChI=1S/C30H31NO6/c1-5-19-8-12-21(13-9-19)31-27(20-10-14-22(35-4)15-11-20)26(29(33)30(31)34)28(32)24-17-16-23(36-6-2)18-25(24)37-7-3/h8-18,27,32H,5-7H2,1-4H3/b28-26-. The molecule has 1 heterocycles. The van der Waals surface area contributed by atoms with Crippen molar-refractivity contribution in [3.8, 4) is 17.2 Å². The molecule has 1 amide bonds. The zero-order chi connectivity index (χ0) is 26.5. The number of aliphatic hydroxyl groups is 1. The molecule has 7 heteroatoms. The largest absolute Gasteiger partial charge is 0.507 e. The van der Waals surface area contributed by atoms with Gasteiger partial charge in [0.15, 0.2) is 0 Å². The molecule has 0 saturated carbocycles. The molecule has 1 aliphatic heterocycles. The SMILES string of the molecule is CCOc1ccc(/C(O)=C2/C(=O)C(=O)N(c3ccc(CC)cc3)C2c2ccc(OC)cc2)c(OCC)c1. The van der Waals surface area contributed by atoms with Crippen molar-refractivity contribution < 1.29 is 28.9 Å². The average molecular weight is 502 g/mol. The molecule has 3 aromatic carbocycles. The Morgan fingerprint density at radius 1 is 0.865 bits per heavy atom. The van der Waals surface area contributed by atoms with E-state index in [0.717, 1.165) is 12.0 Å². The van der Waals surface area contributed by atoms with Crippen LogP contribution >= 0.6 is 0 Å². The molecule has 1 saturated heterocycles. The number of Topliss-reactive ketones (excluding diaryl/α,β-unsaturated/α-hetero) is 1. The number of methoxy groups -OCH3 is 1. The summed E-state index contributed by atoms with van der Waals surface area (Å²) in [6.07, 6.45) is 0.846. The Labute approximate surface area is 216 Å². The van der Waals surface area contributed by atoms with Gasteiger partial charge in [-0.15, -0.1) is 0 Å². The lowest BCUT2D eigenvalue weighted by molar-refractivity contribution is -0.132. The fourth-order valence-corrected chi connectivity index (χ4v) is 4.47. The highest BCUT2D eigenvalue weighted by atomic mass is 16.5. The number of ketones is 1. The summed E-state index contributed by atoms with van der Waals surface area (Å²) >= 11 is 0. The minimum atomic E-state index is -0.848. The first-order valence-electron chi connectivity index (χ1n) is 12.4. The van der Waals surface area contributed by atoms with E-state index in [2.05, 4.69) is 0 Å². The van der Waals surface area contributed by atoms with Crippen LogP contribution in [0.25, 0.3) is 5.76 Å². The molecule has 7 nitrogen and oxygen atoms in total. The summed E-state index contributed by atoms with van der Waals surface area (Å²) in [5, 5.41) is 11.6. The molecule has 1 unspecified atom stereocenters. The molecule has 4 rings (SSSR count). The summed E-state index contributed by atoms with van der Waals surface area (Å²) < 4.78 is 16.6. The van der Waals surface area contributed by atoms with Gasteiger partial charge in [0.1, 0.15) is 23.0 Å². The number of anilines is 1. The van der Waals surface area contributed by atoms with Gasteiger partial charge in [-0.2, -0.15) is 0 Å². The van der Waals surface area contributed by atoms with Crippen LogP contribution in [0.1, 0.15) is 43.5 Å². The Hall–Kier alpha value is -4.26. The van der Waals surface area contributed by atoms with Gasteiger partial charge in [-0.1, -0.05) is 31.2 Å². The van der Waals surface area contributed by atoms with Gasteiger partial charge < -0.3 is 19.3 Å². The highest BCUT2D eigenvalue weighted by molar-refractivity contribution is 6.51. The van der Waals surface area contributed by atoms with Gasteiger partial charge in [-0.3, -0.25) is 14.5 Å². The van der Waals surface area contributed by atoms with E-state index < -0.39 is 17.7 Å². The number of carbonyl (C=O) groups is 2. The van der Waals surface area contributed by atoms with Gasteiger partial charge >= 0.3 is 0 Å². The lowest BCUT2D eigenvalue weighted by Gasteiger charge is -2.26. The molecule has 0 bridgehead atoms. The van der Waals surface area contributed by atoms with Gasteiger partial charge in [-0.05, 0) is 67.8 Å². The van der Waals surface area contributed by atoms with Gasteiger partial charge in [0.25, 0.3) is 11.7 Å². The van der Waals surface area contributed by atoms with E-state index in [9.17, 15) is 14.7 Å². The van der Waals surface area contributed by atoms with Crippen molar-refractivity contribution in [3.05, 3.63) is 89.0 Å². The first-order valence-corrected chi connectivity index (χ1v) is 12.4. The van der Waals surface area contributed by atoms with Gasteiger partial charge in [0, 0.05) is 11.8 Å². The molecular weight excluding hydrogens is 470 g/mol. The van der Waals surface area contributed by atoms with Crippen LogP contribution in [0.5, 0.6) is 17.2 Å². The van der Waals surface area contributed by atoms with E-state index in [1.165, 1.54) is 4.90 Å². The zero-order valence-corrected chi connectivity index (χ0v) is 21.5. The van der Waals surface area contributed by atoms with Crippen LogP contribution in [-0.4, -0.2) is 37.1 Å². The van der Waals surface area contributed by atoms with Crippen LogP contribution < -0.4 is 19.1 Å². The van der Waals surface area contributed by atoms with Gasteiger partial charge in [-0.25, -0.2) is 0 Å². The highest BCUT2D eigenvalue weighted by Crippen LogP contribution is 2.44. The molecule has 1 N–H and O–H groups in total. The van der Waals surface area contributed by atoms with Crippen LogP contribution in [0, 0.1) is 0 Å². The van der Waals surface area contributed by atoms with E-state index in [1.54, 1.807) is 49.6 Å². The van der Waals surface area contributed by atoms with Crippen LogP contribution in [-0.2, 0) is 16.0 Å². The van der Waals surface area contributed by atoms with Crippen molar-refractivity contribution >= 4 is 23.1 Å². The van der Waals surface area contributed by atoms with Crippen LogP contribution in [0.4, 0.5) is 5.69 Å². The molecule has 0 aromatic heterocycles. The summed E-state index contributed by atoms with van der Waals surface area (Å²) in [6, 6.07) is 18.8. The quantitative estimate of drug-likeness (QED) is 0.231. The number of carbonyl (C=O) groups excluding carboxylic acids is 2. The lowest BCUT2D eigenvalue weighted by Crippen LogP contribution is -2.29. The maximum Gasteiger partial charge on any atom is 0.300 e. The van der Waals surface area contributed by atoms with Gasteiger partial charge in [0.05, 0.1) is 37.5 Å². The number of amides is 1. The van der Waals surface area contributed by atoms with E-state index in [-0.39, 0.29) is 11.3 Å². The van der Waals surface area contributed by atoms with Crippen molar-refractivity contribution in [3.63, 3.8) is 0 Å². The second-order valence-electron chi connectivity index (χ2n) is 8.49. The van der Waals surface area contributed by atoms with E-state index >= 15 is 0 Å². The zero-order valence-electron chi connectivity index (χ0n) is 21.5. The fraction of sp³-hybridized carbons (Fsp3) is 0.267. The average Bonchev–Trinajstić information content (AvgIpc) is 3.19. The molecule has 0 radical (unpaired) electrons. The second-order valence-corrected chi connectivity index (χ2v) is 8.49. The summed E-state index contributed by atoms with van der Waals surface area (Å²) in [6.45, 7) is 6.56. The molecule has 0 spiro atoms. The molecule has 192 valence electrons. The Morgan fingerprint density at radius 3 is 2.11 bits per heavy atom. The minimum absolute atomic E-state index is 0.0140. The Balaban J connectivity index is 1.92. The lowest BCUT2D eigenvalue weighted by atomic mass is 9.94. The smallest absolute Gasteiger partial charge is 0.300 e. The fourth-order valence-electron chi connectivity index (χ4n) is 4.47. The molecule has 1 fully saturated rings. The number of aryl methyl sites for hydroxylation is 1. The first kappa shape index (κ1) is 25.8. The van der Waals surface area contributed by atoms with E-state index in [0.29, 0.717) is 47.3 Å². The van der Waals surface area contributed by atoms with Crippen molar-refractivity contribution in [2.24, 2.45) is 0 Å². The normalized spacial score (nSPS) is 16.6. The van der Waals surface area contributed by atoms with E-state index in [1.807, 2.05) is 45.0 Å². The Morgan fingerprint density at radius 2 is 1.51 bits per heavy atom. The predicted molar refractivity (Wildman–Crippen MR) is 142 cm³/mol. The van der Waals surface area contributed by atoms with Gasteiger partial charge in [0.2, 0.25) is 0 Å². The minimum Gasteiger partial charge on any atom is -0.507 e. The third-order valence-corrected chi connectivity index (χ3v) is 6.32. The molecule has 0 aliphatic carbocycles. The van der Waals surface area contributed by atoms with Crippen molar-refractivity contribution in [1.82, 2.24) is 0 Å².